The van der Waals surface area contributed by atoms with Crippen LogP contribution < -0.4 is 5.32 Å². The molecule has 0 aromatic heterocycles. The van der Waals surface area contributed by atoms with Crippen LogP contribution in [-0.4, -0.2) is 38.5 Å². The van der Waals surface area contributed by atoms with Gasteiger partial charge in [-0.2, -0.15) is 0 Å². The van der Waals surface area contributed by atoms with Gasteiger partial charge < -0.3 is 14.8 Å². The topological polar surface area (TPSA) is 30.5 Å². The zero-order valence-corrected chi connectivity index (χ0v) is 11.0. The molecule has 1 saturated heterocycles. The second kappa shape index (κ2) is 8.04. The van der Waals surface area contributed by atoms with Crippen LogP contribution in [0.1, 0.15) is 40.0 Å². The lowest BCUT2D eigenvalue weighted by molar-refractivity contribution is -0.0159. The molecule has 1 fully saturated rings. The predicted molar refractivity (Wildman–Crippen MR) is 66.7 cm³/mol. The van der Waals surface area contributed by atoms with Gasteiger partial charge in [-0.15, -0.1) is 0 Å². The van der Waals surface area contributed by atoms with Crippen LogP contribution in [0.3, 0.4) is 0 Å². The Labute approximate surface area is 99.9 Å². The smallest absolute Gasteiger partial charge is 0.0813 e. The highest BCUT2D eigenvalue weighted by Gasteiger charge is 2.24. The van der Waals surface area contributed by atoms with Crippen molar-refractivity contribution in [2.75, 3.05) is 26.3 Å². The van der Waals surface area contributed by atoms with Gasteiger partial charge in [-0.05, 0) is 31.7 Å². The summed E-state index contributed by atoms with van der Waals surface area (Å²) in [4.78, 5) is 0. The van der Waals surface area contributed by atoms with E-state index in [1.54, 1.807) is 0 Å². The van der Waals surface area contributed by atoms with E-state index in [2.05, 4.69) is 26.1 Å². The van der Waals surface area contributed by atoms with Crippen LogP contribution in [0.15, 0.2) is 0 Å². The molecule has 0 aliphatic carbocycles. The maximum Gasteiger partial charge on any atom is 0.0813 e. The van der Waals surface area contributed by atoms with Gasteiger partial charge in [-0.1, -0.05) is 20.8 Å². The molecular weight excluding hydrogens is 202 g/mol. The van der Waals surface area contributed by atoms with Crippen LogP contribution >= 0.6 is 0 Å². The van der Waals surface area contributed by atoms with Gasteiger partial charge in [0.05, 0.1) is 18.8 Å². The van der Waals surface area contributed by atoms with Crippen molar-refractivity contribution in [1.29, 1.82) is 0 Å². The number of rotatable bonds is 8. The summed E-state index contributed by atoms with van der Waals surface area (Å²) in [5, 5.41) is 3.33. The highest BCUT2D eigenvalue weighted by Crippen LogP contribution is 2.19. The third kappa shape index (κ3) is 5.83. The first-order chi connectivity index (χ1) is 7.72. The van der Waals surface area contributed by atoms with Crippen molar-refractivity contribution in [1.82, 2.24) is 5.32 Å². The van der Waals surface area contributed by atoms with Gasteiger partial charge in [0.2, 0.25) is 0 Å². The molecule has 1 aliphatic heterocycles. The maximum absolute atomic E-state index is 5.88. The van der Waals surface area contributed by atoms with E-state index in [1.807, 2.05) is 0 Å². The average molecular weight is 229 g/mol. The summed E-state index contributed by atoms with van der Waals surface area (Å²) < 4.78 is 11.5. The lowest BCUT2D eigenvalue weighted by atomic mass is 10.1. The minimum Gasteiger partial charge on any atom is -0.379 e. The van der Waals surface area contributed by atoms with Crippen molar-refractivity contribution >= 4 is 0 Å². The SMILES string of the molecule is CCNCC1CCC(COCCC(C)C)O1. The summed E-state index contributed by atoms with van der Waals surface area (Å²) in [6.45, 7) is 10.2. The van der Waals surface area contributed by atoms with Crippen molar-refractivity contribution in [2.45, 2.75) is 52.2 Å². The molecule has 2 unspecified atom stereocenters. The van der Waals surface area contributed by atoms with Crippen LogP contribution in [0, 0.1) is 5.92 Å². The summed E-state index contributed by atoms with van der Waals surface area (Å²) in [5.41, 5.74) is 0. The van der Waals surface area contributed by atoms with Gasteiger partial charge in [0.1, 0.15) is 0 Å². The zero-order chi connectivity index (χ0) is 11.8. The molecule has 0 spiro atoms. The van der Waals surface area contributed by atoms with Crippen LogP contribution in [-0.2, 0) is 9.47 Å². The number of hydrogen-bond donors (Lipinski definition) is 1. The summed E-state index contributed by atoms with van der Waals surface area (Å²) in [7, 11) is 0. The monoisotopic (exact) mass is 229 g/mol. The number of ether oxygens (including phenoxy) is 2. The second-order valence-corrected chi connectivity index (χ2v) is 5.02. The summed E-state index contributed by atoms with van der Waals surface area (Å²) in [5.74, 6) is 0.728. The molecule has 0 radical (unpaired) electrons. The van der Waals surface area contributed by atoms with E-state index in [0.29, 0.717) is 12.2 Å². The molecule has 2 atom stereocenters. The lowest BCUT2D eigenvalue weighted by Crippen LogP contribution is -2.27. The molecule has 1 heterocycles. The fourth-order valence-electron chi connectivity index (χ4n) is 1.89. The Bertz CT molecular complexity index is 173. The molecule has 1 rings (SSSR count). The Hall–Kier alpha value is -0.120. The highest BCUT2D eigenvalue weighted by atomic mass is 16.5. The van der Waals surface area contributed by atoms with Gasteiger partial charge in [0, 0.05) is 13.2 Å². The van der Waals surface area contributed by atoms with E-state index in [0.717, 1.165) is 45.1 Å². The molecule has 1 aliphatic rings. The quantitative estimate of drug-likeness (QED) is 0.647. The maximum atomic E-state index is 5.88. The number of nitrogens with one attached hydrogen (secondary N) is 1. The minimum absolute atomic E-state index is 0.329. The Morgan fingerprint density at radius 1 is 1.31 bits per heavy atom. The Kier molecular flexibility index (Phi) is 7.01. The van der Waals surface area contributed by atoms with E-state index < -0.39 is 0 Å². The molecule has 3 heteroatoms. The van der Waals surface area contributed by atoms with Crippen molar-refractivity contribution in [3.8, 4) is 0 Å². The number of likely N-dealkylation sites (N-methyl/N-ethyl adjacent to an activating group) is 1. The van der Waals surface area contributed by atoms with Crippen molar-refractivity contribution in [2.24, 2.45) is 5.92 Å². The van der Waals surface area contributed by atoms with E-state index in [-0.39, 0.29) is 0 Å². The van der Waals surface area contributed by atoms with Gasteiger partial charge in [0.15, 0.2) is 0 Å². The average Bonchev–Trinajstić information content (AvgIpc) is 2.69. The summed E-state index contributed by atoms with van der Waals surface area (Å²) >= 11 is 0. The summed E-state index contributed by atoms with van der Waals surface area (Å²) in [6.07, 6.45) is 4.20. The molecule has 1 N–H and O–H groups in total. The van der Waals surface area contributed by atoms with Crippen LogP contribution in [0.4, 0.5) is 0 Å². The normalized spacial score (nSPS) is 25.5. The standard InChI is InChI=1S/C13H27NO2/c1-4-14-9-12-5-6-13(16-12)10-15-8-7-11(2)3/h11-14H,4-10H2,1-3H3. The molecule has 0 bridgehead atoms. The predicted octanol–water partition coefficient (Wildman–Crippen LogP) is 2.21. The summed E-state index contributed by atoms with van der Waals surface area (Å²) in [6, 6.07) is 0. The minimum atomic E-state index is 0.329. The van der Waals surface area contributed by atoms with Crippen LogP contribution in [0.2, 0.25) is 0 Å². The van der Waals surface area contributed by atoms with Gasteiger partial charge >= 0.3 is 0 Å². The highest BCUT2D eigenvalue weighted by molar-refractivity contribution is 4.74. The first-order valence-corrected chi connectivity index (χ1v) is 6.66. The third-order valence-corrected chi connectivity index (χ3v) is 2.96. The second-order valence-electron chi connectivity index (χ2n) is 5.02. The molecule has 0 aromatic carbocycles. The first-order valence-electron chi connectivity index (χ1n) is 6.66. The molecule has 96 valence electrons. The van der Waals surface area contributed by atoms with Crippen LogP contribution in [0.5, 0.6) is 0 Å². The van der Waals surface area contributed by atoms with Crippen molar-refractivity contribution < 1.29 is 9.47 Å². The Balaban J connectivity index is 1.98. The van der Waals surface area contributed by atoms with Gasteiger partial charge in [0.25, 0.3) is 0 Å². The van der Waals surface area contributed by atoms with Crippen molar-refractivity contribution in [3.63, 3.8) is 0 Å². The van der Waals surface area contributed by atoms with Crippen LogP contribution in [0.25, 0.3) is 0 Å². The van der Waals surface area contributed by atoms with E-state index in [9.17, 15) is 0 Å². The largest absolute Gasteiger partial charge is 0.379 e. The van der Waals surface area contributed by atoms with E-state index >= 15 is 0 Å². The third-order valence-electron chi connectivity index (χ3n) is 2.96. The van der Waals surface area contributed by atoms with Gasteiger partial charge in [-0.25, -0.2) is 0 Å². The van der Waals surface area contributed by atoms with E-state index in [4.69, 9.17) is 9.47 Å². The van der Waals surface area contributed by atoms with Gasteiger partial charge in [-0.3, -0.25) is 0 Å². The molecule has 16 heavy (non-hydrogen) atoms. The zero-order valence-electron chi connectivity index (χ0n) is 11.0. The fourth-order valence-corrected chi connectivity index (χ4v) is 1.89. The lowest BCUT2D eigenvalue weighted by Gasteiger charge is -2.14. The van der Waals surface area contributed by atoms with E-state index in [1.165, 1.54) is 6.42 Å². The molecule has 0 amide bonds. The molecular formula is C13H27NO2. The molecule has 3 nitrogen and oxygen atoms in total. The molecule has 0 aromatic rings. The number of hydrogen-bond acceptors (Lipinski definition) is 3. The Morgan fingerprint density at radius 2 is 2.06 bits per heavy atom. The fraction of sp³-hybridized carbons (Fsp3) is 1.00. The Morgan fingerprint density at radius 3 is 2.75 bits per heavy atom. The first kappa shape index (κ1) is 13.9. The molecule has 0 saturated carbocycles. The van der Waals surface area contributed by atoms with Crippen molar-refractivity contribution in [3.05, 3.63) is 0 Å².